The summed E-state index contributed by atoms with van der Waals surface area (Å²) < 4.78 is 43.0. The Kier molecular flexibility index (Phi) is 4.92. The Morgan fingerprint density at radius 2 is 1.83 bits per heavy atom. The molecular formula is C17H19NO5S. The first kappa shape index (κ1) is 16.6. The zero-order valence-corrected chi connectivity index (χ0v) is 14.1. The van der Waals surface area contributed by atoms with E-state index in [1.165, 1.54) is 12.1 Å². The van der Waals surface area contributed by atoms with Crippen molar-refractivity contribution in [2.75, 3.05) is 19.9 Å². The van der Waals surface area contributed by atoms with Crippen molar-refractivity contribution < 1.29 is 22.6 Å². The quantitative estimate of drug-likeness (QED) is 0.830. The van der Waals surface area contributed by atoms with E-state index >= 15 is 0 Å². The molecule has 0 unspecified atom stereocenters. The van der Waals surface area contributed by atoms with Gasteiger partial charge >= 0.3 is 0 Å². The minimum absolute atomic E-state index is 0.219. The maximum absolute atomic E-state index is 12.3. The Morgan fingerprint density at radius 1 is 1.08 bits per heavy atom. The lowest BCUT2D eigenvalue weighted by molar-refractivity contribution is 0.174. The zero-order valence-electron chi connectivity index (χ0n) is 13.3. The summed E-state index contributed by atoms with van der Waals surface area (Å²) in [4.78, 5) is 0.219. The maximum Gasteiger partial charge on any atom is 0.240 e. The summed E-state index contributed by atoms with van der Waals surface area (Å²) in [6.07, 6.45) is 0.562. The summed E-state index contributed by atoms with van der Waals surface area (Å²) in [6.45, 7) is 2.95. The number of rotatable bonds is 7. The number of benzene rings is 2. The van der Waals surface area contributed by atoms with Crippen LogP contribution < -0.4 is 18.9 Å². The van der Waals surface area contributed by atoms with Crippen LogP contribution in [0.25, 0.3) is 0 Å². The van der Waals surface area contributed by atoms with Crippen LogP contribution in [0.4, 0.5) is 0 Å². The van der Waals surface area contributed by atoms with Gasteiger partial charge < -0.3 is 14.2 Å². The number of fused-ring (bicyclic) bond motifs is 1. The summed E-state index contributed by atoms with van der Waals surface area (Å²) >= 11 is 0. The fourth-order valence-corrected chi connectivity index (χ4v) is 3.42. The van der Waals surface area contributed by atoms with Crippen LogP contribution >= 0.6 is 0 Å². The van der Waals surface area contributed by atoms with Crippen molar-refractivity contribution in [1.29, 1.82) is 0 Å². The molecule has 0 radical (unpaired) electrons. The zero-order chi connectivity index (χ0) is 17.0. The first-order valence-corrected chi connectivity index (χ1v) is 9.18. The average molecular weight is 349 g/mol. The molecule has 1 aliphatic heterocycles. The Bertz CT molecular complexity index is 802. The molecule has 0 saturated carbocycles. The lowest BCUT2D eigenvalue weighted by Crippen LogP contribution is -2.25. The Hall–Kier alpha value is -2.25. The molecule has 0 amide bonds. The van der Waals surface area contributed by atoms with Gasteiger partial charge in [0.05, 0.1) is 11.5 Å². The van der Waals surface area contributed by atoms with Crippen LogP contribution in [0.15, 0.2) is 47.4 Å². The highest BCUT2D eigenvalue weighted by Crippen LogP contribution is 2.32. The standard InChI is InChI=1S/C17H19NO5S/c1-2-21-14-4-6-15(7-5-14)24(19,20)18-10-9-13-3-8-16-17(11-13)23-12-22-16/h3-8,11,18H,2,9-10,12H2,1H3. The van der Waals surface area contributed by atoms with Gasteiger partial charge in [0.15, 0.2) is 11.5 Å². The molecule has 2 aromatic rings. The summed E-state index contributed by atoms with van der Waals surface area (Å²) in [5, 5.41) is 0. The molecule has 6 nitrogen and oxygen atoms in total. The fraction of sp³-hybridized carbons (Fsp3) is 0.294. The molecule has 1 aliphatic rings. The van der Waals surface area contributed by atoms with E-state index in [0.717, 1.165) is 5.56 Å². The molecule has 0 aromatic heterocycles. The van der Waals surface area contributed by atoms with Gasteiger partial charge in [-0.25, -0.2) is 13.1 Å². The van der Waals surface area contributed by atoms with Crippen LogP contribution in [0.5, 0.6) is 17.2 Å². The van der Waals surface area contributed by atoms with Gasteiger partial charge in [0, 0.05) is 6.54 Å². The summed E-state index contributed by atoms with van der Waals surface area (Å²) in [5.41, 5.74) is 0.980. The van der Waals surface area contributed by atoms with Crippen LogP contribution in [0.1, 0.15) is 12.5 Å². The van der Waals surface area contributed by atoms with Crippen LogP contribution in [-0.2, 0) is 16.4 Å². The normalized spacial score (nSPS) is 13.0. The van der Waals surface area contributed by atoms with E-state index < -0.39 is 10.0 Å². The first-order chi connectivity index (χ1) is 11.6. The molecule has 24 heavy (non-hydrogen) atoms. The average Bonchev–Trinajstić information content (AvgIpc) is 3.03. The lowest BCUT2D eigenvalue weighted by Gasteiger charge is -2.08. The van der Waals surface area contributed by atoms with Crippen LogP contribution in [0.2, 0.25) is 0 Å². The van der Waals surface area contributed by atoms with Crippen molar-refractivity contribution >= 4 is 10.0 Å². The molecule has 0 bridgehead atoms. The van der Waals surface area contributed by atoms with E-state index in [1.807, 2.05) is 25.1 Å². The second kappa shape index (κ2) is 7.11. The van der Waals surface area contributed by atoms with E-state index in [2.05, 4.69) is 4.72 Å². The van der Waals surface area contributed by atoms with Crippen molar-refractivity contribution in [3.8, 4) is 17.2 Å². The summed E-state index contributed by atoms with van der Waals surface area (Å²) in [5.74, 6) is 2.06. The molecule has 0 spiro atoms. The smallest absolute Gasteiger partial charge is 0.240 e. The number of hydrogen-bond acceptors (Lipinski definition) is 5. The van der Waals surface area contributed by atoms with Gasteiger partial charge in [-0.3, -0.25) is 0 Å². The summed E-state index contributed by atoms with van der Waals surface area (Å²) in [6, 6.07) is 12.0. The minimum Gasteiger partial charge on any atom is -0.494 e. The highest BCUT2D eigenvalue weighted by molar-refractivity contribution is 7.89. The van der Waals surface area contributed by atoms with Crippen molar-refractivity contribution in [3.05, 3.63) is 48.0 Å². The third-order valence-corrected chi connectivity index (χ3v) is 5.06. The van der Waals surface area contributed by atoms with Gasteiger partial charge in [-0.1, -0.05) is 6.07 Å². The third kappa shape index (κ3) is 3.80. The Morgan fingerprint density at radius 3 is 2.58 bits per heavy atom. The van der Waals surface area contributed by atoms with Gasteiger partial charge in [0.1, 0.15) is 5.75 Å². The highest BCUT2D eigenvalue weighted by atomic mass is 32.2. The molecule has 0 saturated heterocycles. The second-order valence-electron chi connectivity index (χ2n) is 5.24. The molecule has 3 rings (SSSR count). The molecule has 0 aliphatic carbocycles. The SMILES string of the molecule is CCOc1ccc(S(=O)(=O)NCCc2ccc3c(c2)OCO3)cc1. The number of sulfonamides is 1. The van der Waals surface area contributed by atoms with E-state index in [9.17, 15) is 8.42 Å². The van der Waals surface area contributed by atoms with E-state index in [4.69, 9.17) is 14.2 Å². The number of nitrogens with one attached hydrogen (secondary N) is 1. The van der Waals surface area contributed by atoms with Crippen LogP contribution in [0, 0.1) is 0 Å². The van der Waals surface area contributed by atoms with E-state index in [-0.39, 0.29) is 11.7 Å². The molecule has 0 atom stereocenters. The van der Waals surface area contributed by atoms with Crippen molar-refractivity contribution in [2.24, 2.45) is 0 Å². The van der Waals surface area contributed by atoms with Gasteiger partial charge in [-0.05, 0) is 55.3 Å². The molecule has 7 heteroatoms. The fourth-order valence-electron chi connectivity index (χ4n) is 2.39. The Labute approximate surface area is 141 Å². The van der Waals surface area contributed by atoms with E-state index in [1.54, 1.807) is 12.1 Å². The predicted molar refractivity (Wildman–Crippen MR) is 89.1 cm³/mol. The largest absolute Gasteiger partial charge is 0.494 e. The monoisotopic (exact) mass is 349 g/mol. The van der Waals surface area contributed by atoms with Crippen LogP contribution in [-0.4, -0.2) is 28.4 Å². The van der Waals surface area contributed by atoms with Gasteiger partial charge in [0.2, 0.25) is 16.8 Å². The van der Waals surface area contributed by atoms with E-state index in [0.29, 0.717) is 36.8 Å². The molecule has 1 heterocycles. The number of hydrogen-bond donors (Lipinski definition) is 1. The van der Waals surface area contributed by atoms with Crippen molar-refractivity contribution in [3.63, 3.8) is 0 Å². The topological polar surface area (TPSA) is 73.9 Å². The summed E-state index contributed by atoms with van der Waals surface area (Å²) in [7, 11) is -3.54. The highest BCUT2D eigenvalue weighted by Gasteiger charge is 2.15. The molecular weight excluding hydrogens is 330 g/mol. The molecule has 0 fully saturated rings. The van der Waals surface area contributed by atoms with Gasteiger partial charge in [0.25, 0.3) is 0 Å². The minimum atomic E-state index is -3.54. The molecule has 2 aromatic carbocycles. The first-order valence-electron chi connectivity index (χ1n) is 7.69. The maximum atomic E-state index is 12.3. The van der Waals surface area contributed by atoms with Crippen molar-refractivity contribution in [2.45, 2.75) is 18.2 Å². The Balaban J connectivity index is 1.58. The third-order valence-electron chi connectivity index (χ3n) is 3.59. The molecule has 128 valence electrons. The second-order valence-corrected chi connectivity index (χ2v) is 7.01. The predicted octanol–water partition coefficient (Wildman–Crippen LogP) is 2.33. The van der Waals surface area contributed by atoms with Crippen molar-refractivity contribution in [1.82, 2.24) is 4.72 Å². The van der Waals surface area contributed by atoms with Gasteiger partial charge in [-0.15, -0.1) is 0 Å². The van der Waals surface area contributed by atoms with Crippen LogP contribution in [0.3, 0.4) is 0 Å². The lowest BCUT2D eigenvalue weighted by atomic mass is 10.1. The molecule has 1 N–H and O–H groups in total. The number of ether oxygens (including phenoxy) is 3. The van der Waals surface area contributed by atoms with Gasteiger partial charge in [-0.2, -0.15) is 0 Å².